The van der Waals surface area contributed by atoms with Crippen LogP contribution < -0.4 is 15.4 Å². The van der Waals surface area contributed by atoms with Crippen LogP contribution in [0.25, 0.3) is 0 Å². The highest BCUT2D eigenvalue weighted by Crippen LogP contribution is 2.26. The Labute approximate surface area is 155 Å². The van der Waals surface area contributed by atoms with Gasteiger partial charge >= 0.3 is 0 Å². The van der Waals surface area contributed by atoms with Crippen LogP contribution >= 0.6 is 0 Å². The molecule has 27 heavy (non-hydrogen) atoms. The molecule has 7 nitrogen and oxygen atoms in total. The fraction of sp³-hybridized carbons (Fsp3) is 0.316. The number of hydrogen-bond acceptors (Lipinski definition) is 4. The zero-order valence-corrected chi connectivity index (χ0v) is 14.9. The minimum Gasteiger partial charge on any atom is -0.481 e. The topological polar surface area (TPSA) is 100 Å². The van der Waals surface area contributed by atoms with Crippen LogP contribution in [0.1, 0.15) is 46.2 Å². The van der Waals surface area contributed by atoms with Crippen molar-refractivity contribution in [1.82, 2.24) is 10.3 Å². The largest absolute Gasteiger partial charge is 0.481 e. The molecule has 2 aromatic rings. The number of likely N-dealkylation sites (N-methyl/N-ethyl adjacent to an activating group) is 1. The third kappa shape index (κ3) is 4.16. The Balaban J connectivity index is 1.69. The normalized spacial score (nSPS) is 13.0. The standard InChI is InChI=1S/C19H20FN3O4/c1-2-21-17(25)10-27-16-7-6-11(8-13(16)20)23-19(26)12-9-22-14-4-3-5-15(24)18(12)14/h6-9,22H,2-5,10H2,1H3,(H,21,25)(H,23,26). The van der Waals surface area contributed by atoms with Crippen molar-refractivity contribution in [3.05, 3.63) is 47.0 Å². The Kier molecular flexibility index (Phi) is 5.54. The number of fused-ring (bicyclic) bond motifs is 1. The summed E-state index contributed by atoms with van der Waals surface area (Å²) >= 11 is 0. The van der Waals surface area contributed by atoms with Crippen molar-refractivity contribution in [2.24, 2.45) is 0 Å². The summed E-state index contributed by atoms with van der Waals surface area (Å²) in [7, 11) is 0. The Bertz CT molecular complexity index is 891. The van der Waals surface area contributed by atoms with Crippen LogP contribution in [-0.4, -0.2) is 35.7 Å². The second kappa shape index (κ2) is 8.03. The first-order valence-electron chi connectivity index (χ1n) is 8.73. The molecule has 0 spiro atoms. The number of carbonyl (C=O) groups is 3. The van der Waals surface area contributed by atoms with Gasteiger partial charge in [-0.2, -0.15) is 0 Å². The molecule has 1 aliphatic carbocycles. The molecule has 0 bridgehead atoms. The van der Waals surface area contributed by atoms with Crippen LogP contribution in [0.15, 0.2) is 24.4 Å². The van der Waals surface area contributed by atoms with Gasteiger partial charge in [-0.25, -0.2) is 4.39 Å². The van der Waals surface area contributed by atoms with Crippen LogP contribution in [0.5, 0.6) is 5.75 Å². The van der Waals surface area contributed by atoms with Gasteiger partial charge in [0.1, 0.15) is 0 Å². The van der Waals surface area contributed by atoms with Crippen molar-refractivity contribution in [1.29, 1.82) is 0 Å². The Hall–Kier alpha value is -3.16. The smallest absolute Gasteiger partial charge is 0.257 e. The molecule has 0 saturated carbocycles. The van der Waals surface area contributed by atoms with E-state index in [1.54, 1.807) is 6.92 Å². The van der Waals surface area contributed by atoms with Gasteiger partial charge in [-0.15, -0.1) is 0 Å². The van der Waals surface area contributed by atoms with E-state index in [0.29, 0.717) is 18.5 Å². The van der Waals surface area contributed by atoms with Gasteiger partial charge in [-0.1, -0.05) is 0 Å². The molecule has 1 aromatic carbocycles. The van der Waals surface area contributed by atoms with Gasteiger partial charge in [0.05, 0.1) is 11.1 Å². The second-order valence-corrected chi connectivity index (χ2v) is 6.17. The number of ketones is 1. The molecule has 0 fully saturated rings. The maximum Gasteiger partial charge on any atom is 0.257 e. The summed E-state index contributed by atoms with van der Waals surface area (Å²) < 4.78 is 19.3. The van der Waals surface area contributed by atoms with E-state index in [-0.39, 0.29) is 35.3 Å². The number of carbonyl (C=O) groups excluding carboxylic acids is 3. The molecule has 0 saturated heterocycles. The number of anilines is 1. The summed E-state index contributed by atoms with van der Waals surface area (Å²) in [4.78, 5) is 38.9. The molecule has 0 radical (unpaired) electrons. The molecular formula is C19H20FN3O4. The molecule has 142 valence electrons. The van der Waals surface area contributed by atoms with Crippen LogP contribution in [0.3, 0.4) is 0 Å². The number of H-pyrrole nitrogens is 1. The van der Waals surface area contributed by atoms with Crippen molar-refractivity contribution >= 4 is 23.3 Å². The number of rotatable bonds is 6. The van der Waals surface area contributed by atoms with Crippen LogP contribution in [0, 0.1) is 5.82 Å². The number of hydrogen-bond donors (Lipinski definition) is 3. The summed E-state index contributed by atoms with van der Waals surface area (Å²) in [6.07, 6.45) is 3.40. The van der Waals surface area contributed by atoms with Gasteiger partial charge in [0, 0.05) is 36.6 Å². The van der Waals surface area contributed by atoms with Gasteiger partial charge in [0.25, 0.3) is 11.8 Å². The number of ether oxygens (including phenoxy) is 1. The predicted molar refractivity (Wildman–Crippen MR) is 96.6 cm³/mol. The lowest BCUT2D eigenvalue weighted by atomic mass is 9.93. The summed E-state index contributed by atoms with van der Waals surface area (Å²) in [5.74, 6) is -1.70. The average Bonchev–Trinajstić information content (AvgIpc) is 3.07. The molecule has 0 atom stereocenters. The summed E-state index contributed by atoms with van der Waals surface area (Å²) in [6, 6.07) is 3.91. The maximum atomic E-state index is 14.1. The zero-order chi connectivity index (χ0) is 19.4. The minimum absolute atomic E-state index is 0.0667. The first-order valence-corrected chi connectivity index (χ1v) is 8.73. The predicted octanol–water partition coefficient (Wildman–Crippen LogP) is 2.44. The third-order valence-corrected chi connectivity index (χ3v) is 4.24. The van der Waals surface area contributed by atoms with Gasteiger partial charge in [-0.05, 0) is 31.9 Å². The van der Waals surface area contributed by atoms with Crippen molar-refractivity contribution in [2.75, 3.05) is 18.5 Å². The van der Waals surface area contributed by atoms with E-state index in [1.807, 2.05) is 0 Å². The number of halogens is 1. The maximum absolute atomic E-state index is 14.1. The second-order valence-electron chi connectivity index (χ2n) is 6.17. The highest BCUT2D eigenvalue weighted by Gasteiger charge is 2.26. The van der Waals surface area contributed by atoms with Crippen LogP contribution in [0.4, 0.5) is 10.1 Å². The Morgan fingerprint density at radius 1 is 1.30 bits per heavy atom. The molecule has 3 N–H and O–H groups in total. The van der Waals surface area contributed by atoms with Gasteiger partial charge < -0.3 is 20.4 Å². The van der Waals surface area contributed by atoms with Crippen molar-refractivity contribution in [3.8, 4) is 5.75 Å². The molecule has 1 aromatic heterocycles. The molecule has 1 aliphatic rings. The number of aromatic nitrogens is 1. The number of amides is 2. The number of aromatic amines is 1. The Morgan fingerprint density at radius 2 is 2.11 bits per heavy atom. The average molecular weight is 373 g/mol. The van der Waals surface area contributed by atoms with Crippen LogP contribution in [0.2, 0.25) is 0 Å². The van der Waals surface area contributed by atoms with Gasteiger partial charge in [0.2, 0.25) is 0 Å². The lowest BCUT2D eigenvalue weighted by Crippen LogP contribution is -2.28. The number of benzene rings is 1. The molecule has 2 amide bonds. The van der Waals surface area contributed by atoms with Gasteiger partial charge in [0.15, 0.2) is 24.0 Å². The van der Waals surface area contributed by atoms with E-state index in [1.165, 1.54) is 18.3 Å². The first kappa shape index (κ1) is 18.6. The fourth-order valence-electron chi connectivity index (χ4n) is 3.00. The fourth-order valence-corrected chi connectivity index (χ4v) is 3.00. The molecule has 1 heterocycles. The van der Waals surface area contributed by atoms with E-state index >= 15 is 0 Å². The first-order chi connectivity index (χ1) is 13.0. The van der Waals surface area contributed by atoms with E-state index in [4.69, 9.17) is 4.74 Å². The molecule has 8 heteroatoms. The van der Waals surface area contributed by atoms with E-state index in [0.717, 1.165) is 24.6 Å². The SMILES string of the molecule is CCNC(=O)COc1ccc(NC(=O)c2c[nH]c3c2C(=O)CCC3)cc1F. The number of aryl methyl sites for hydroxylation is 1. The van der Waals surface area contributed by atoms with Crippen molar-refractivity contribution < 1.29 is 23.5 Å². The van der Waals surface area contributed by atoms with E-state index < -0.39 is 11.7 Å². The summed E-state index contributed by atoms with van der Waals surface area (Å²) in [6.45, 7) is 1.93. The zero-order valence-electron chi connectivity index (χ0n) is 14.9. The number of nitrogens with one attached hydrogen (secondary N) is 3. The van der Waals surface area contributed by atoms with Crippen molar-refractivity contribution in [3.63, 3.8) is 0 Å². The highest BCUT2D eigenvalue weighted by atomic mass is 19.1. The third-order valence-electron chi connectivity index (χ3n) is 4.24. The lowest BCUT2D eigenvalue weighted by Gasteiger charge is -2.12. The summed E-state index contributed by atoms with van der Waals surface area (Å²) in [5.41, 5.74) is 1.66. The quantitative estimate of drug-likeness (QED) is 0.724. The van der Waals surface area contributed by atoms with Crippen molar-refractivity contribution in [2.45, 2.75) is 26.2 Å². The molecule has 0 unspecified atom stereocenters. The van der Waals surface area contributed by atoms with Gasteiger partial charge in [-0.3, -0.25) is 14.4 Å². The Morgan fingerprint density at radius 3 is 2.85 bits per heavy atom. The van der Waals surface area contributed by atoms with E-state index in [2.05, 4.69) is 15.6 Å². The van der Waals surface area contributed by atoms with Crippen LogP contribution in [-0.2, 0) is 11.2 Å². The minimum atomic E-state index is -0.704. The molecule has 0 aliphatic heterocycles. The highest BCUT2D eigenvalue weighted by molar-refractivity contribution is 6.13. The molecule has 3 rings (SSSR count). The molecular weight excluding hydrogens is 353 g/mol. The van der Waals surface area contributed by atoms with E-state index in [9.17, 15) is 18.8 Å². The lowest BCUT2D eigenvalue weighted by molar-refractivity contribution is -0.123. The number of Topliss-reactive ketones (excluding diaryl/α,β-unsaturated/α-hetero) is 1. The summed E-state index contributed by atoms with van der Waals surface area (Å²) in [5, 5.41) is 5.13. The monoisotopic (exact) mass is 373 g/mol.